The van der Waals surface area contributed by atoms with E-state index in [1.54, 1.807) is 30.5 Å². The molecule has 134 valence electrons. The average Bonchev–Trinajstić information content (AvgIpc) is 3.18. The number of aromatic nitrogens is 2. The van der Waals surface area contributed by atoms with Gasteiger partial charge in [0.05, 0.1) is 12.8 Å². The van der Waals surface area contributed by atoms with Crippen LogP contribution in [0, 0.1) is 0 Å². The van der Waals surface area contributed by atoms with Crippen LogP contribution in [0.3, 0.4) is 0 Å². The molecule has 26 heavy (non-hydrogen) atoms. The standard InChI is InChI=1S/C19H20N4O3/c1-22(2)15-6-3-5-14(13-15)19(25)20-10-11-23-18(24)9-8-16(21-23)17-7-4-12-26-17/h3-9,12-13H,10-11H2,1-2H3,(H,20,25). The van der Waals surface area contributed by atoms with Crippen molar-refractivity contribution >= 4 is 11.6 Å². The smallest absolute Gasteiger partial charge is 0.266 e. The molecule has 0 saturated carbocycles. The predicted molar refractivity (Wildman–Crippen MR) is 99.3 cm³/mol. The van der Waals surface area contributed by atoms with Gasteiger partial charge in [0, 0.05) is 38.0 Å². The summed E-state index contributed by atoms with van der Waals surface area (Å²) in [6.07, 6.45) is 1.55. The molecule has 0 spiro atoms. The molecule has 3 rings (SSSR count). The van der Waals surface area contributed by atoms with E-state index in [0.717, 1.165) is 5.69 Å². The van der Waals surface area contributed by atoms with Crippen LogP contribution >= 0.6 is 0 Å². The summed E-state index contributed by atoms with van der Waals surface area (Å²) in [6, 6.07) is 13.9. The second-order valence-electron chi connectivity index (χ2n) is 5.96. The number of rotatable bonds is 6. The van der Waals surface area contributed by atoms with Crippen LogP contribution in [-0.2, 0) is 6.54 Å². The van der Waals surface area contributed by atoms with Crippen LogP contribution in [0.25, 0.3) is 11.5 Å². The Balaban J connectivity index is 1.65. The minimum Gasteiger partial charge on any atom is -0.463 e. The second-order valence-corrected chi connectivity index (χ2v) is 5.96. The molecule has 0 aliphatic heterocycles. The zero-order valence-corrected chi connectivity index (χ0v) is 14.7. The number of carbonyl (C=O) groups excluding carboxylic acids is 1. The topological polar surface area (TPSA) is 80.4 Å². The van der Waals surface area contributed by atoms with Gasteiger partial charge in [0.2, 0.25) is 0 Å². The fraction of sp³-hybridized carbons (Fsp3) is 0.211. The number of amides is 1. The Hall–Kier alpha value is -3.35. The Bertz CT molecular complexity index is 945. The van der Waals surface area contributed by atoms with Crippen LogP contribution in [0.5, 0.6) is 0 Å². The first-order valence-electron chi connectivity index (χ1n) is 8.22. The molecule has 0 unspecified atom stereocenters. The molecule has 0 aliphatic carbocycles. The highest BCUT2D eigenvalue weighted by molar-refractivity contribution is 5.95. The van der Waals surface area contributed by atoms with Crippen molar-refractivity contribution in [2.45, 2.75) is 6.54 Å². The lowest BCUT2D eigenvalue weighted by molar-refractivity contribution is 0.0952. The molecule has 1 amide bonds. The number of benzene rings is 1. The first kappa shape index (κ1) is 17.5. The maximum Gasteiger partial charge on any atom is 0.266 e. The summed E-state index contributed by atoms with van der Waals surface area (Å²) in [4.78, 5) is 26.2. The van der Waals surface area contributed by atoms with Gasteiger partial charge in [0.15, 0.2) is 5.76 Å². The van der Waals surface area contributed by atoms with Crippen molar-refractivity contribution in [2.24, 2.45) is 0 Å². The van der Waals surface area contributed by atoms with Crippen LogP contribution in [0.2, 0.25) is 0 Å². The molecule has 2 heterocycles. The summed E-state index contributed by atoms with van der Waals surface area (Å²) in [6.45, 7) is 0.562. The number of furan rings is 1. The highest BCUT2D eigenvalue weighted by Gasteiger charge is 2.08. The Labute approximate surface area is 150 Å². The lowest BCUT2D eigenvalue weighted by atomic mass is 10.2. The average molecular weight is 352 g/mol. The lowest BCUT2D eigenvalue weighted by Crippen LogP contribution is -2.32. The van der Waals surface area contributed by atoms with Crippen molar-refractivity contribution < 1.29 is 9.21 Å². The first-order chi connectivity index (χ1) is 12.5. The monoisotopic (exact) mass is 352 g/mol. The maximum atomic E-state index is 12.3. The van der Waals surface area contributed by atoms with Gasteiger partial charge in [0.25, 0.3) is 11.5 Å². The summed E-state index contributed by atoms with van der Waals surface area (Å²) >= 11 is 0. The Morgan fingerprint density at radius 1 is 1.19 bits per heavy atom. The summed E-state index contributed by atoms with van der Waals surface area (Å²) in [5.41, 5.74) is 1.85. The maximum absolute atomic E-state index is 12.3. The van der Waals surface area contributed by atoms with Crippen LogP contribution in [0.4, 0.5) is 5.69 Å². The molecule has 1 N–H and O–H groups in total. The largest absolute Gasteiger partial charge is 0.463 e. The van der Waals surface area contributed by atoms with Gasteiger partial charge in [0.1, 0.15) is 5.69 Å². The van der Waals surface area contributed by atoms with E-state index in [-0.39, 0.29) is 18.0 Å². The molecule has 0 atom stereocenters. The fourth-order valence-electron chi connectivity index (χ4n) is 2.47. The van der Waals surface area contributed by atoms with Crippen LogP contribution < -0.4 is 15.8 Å². The third-order valence-electron chi connectivity index (χ3n) is 3.87. The number of nitrogens with one attached hydrogen (secondary N) is 1. The van der Waals surface area contributed by atoms with Gasteiger partial charge in [-0.2, -0.15) is 5.10 Å². The van der Waals surface area contributed by atoms with Crippen molar-refractivity contribution in [1.82, 2.24) is 15.1 Å². The van der Waals surface area contributed by atoms with Crippen molar-refractivity contribution in [1.29, 1.82) is 0 Å². The number of hydrogen-bond donors (Lipinski definition) is 1. The molecule has 0 saturated heterocycles. The lowest BCUT2D eigenvalue weighted by Gasteiger charge is -2.13. The third kappa shape index (κ3) is 4.00. The number of nitrogens with zero attached hydrogens (tertiary/aromatic N) is 3. The Morgan fingerprint density at radius 2 is 2.04 bits per heavy atom. The van der Waals surface area contributed by atoms with Gasteiger partial charge in [-0.15, -0.1) is 0 Å². The van der Waals surface area contributed by atoms with E-state index < -0.39 is 0 Å². The molecule has 7 nitrogen and oxygen atoms in total. The predicted octanol–water partition coefficient (Wildman–Crippen LogP) is 2.00. The van der Waals surface area contributed by atoms with Gasteiger partial charge in [-0.1, -0.05) is 6.07 Å². The molecular weight excluding hydrogens is 332 g/mol. The molecular formula is C19H20N4O3. The Kier molecular flexibility index (Phi) is 5.17. The number of hydrogen-bond acceptors (Lipinski definition) is 5. The van der Waals surface area contributed by atoms with Gasteiger partial charge in [-0.25, -0.2) is 4.68 Å². The normalized spacial score (nSPS) is 10.5. The van der Waals surface area contributed by atoms with Gasteiger partial charge >= 0.3 is 0 Å². The van der Waals surface area contributed by atoms with Crippen LogP contribution in [0.15, 0.2) is 64.0 Å². The second kappa shape index (κ2) is 7.69. The number of anilines is 1. The SMILES string of the molecule is CN(C)c1cccc(C(=O)NCCn2nc(-c3ccco3)ccc2=O)c1. The molecule has 2 aromatic heterocycles. The van der Waals surface area contributed by atoms with Gasteiger partial charge in [-0.05, 0) is 36.4 Å². The minimum absolute atomic E-state index is 0.191. The fourth-order valence-corrected chi connectivity index (χ4v) is 2.47. The van der Waals surface area contributed by atoms with Crippen molar-refractivity contribution in [3.8, 4) is 11.5 Å². The van der Waals surface area contributed by atoms with Crippen LogP contribution in [0.1, 0.15) is 10.4 Å². The van der Waals surface area contributed by atoms with Gasteiger partial charge in [-0.3, -0.25) is 9.59 Å². The van der Waals surface area contributed by atoms with Crippen molar-refractivity contribution in [3.05, 3.63) is 70.7 Å². The van der Waals surface area contributed by atoms with E-state index >= 15 is 0 Å². The molecule has 0 bridgehead atoms. The Morgan fingerprint density at radius 3 is 2.77 bits per heavy atom. The molecule has 7 heteroatoms. The van der Waals surface area contributed by atoms with E-state index in [9.17, 15) is 9.59 Å². The highest BCUT2D eigenvalue weighted by Crippen LogP contribution is 2.15. The molecule has 0 radical (unpaired) electrons. The third-order valence-corrected chi connectivity index (χ3v) is 3.87. The first-order valence-corrected chi connectivity index (χ1v) is 8.22. The summed E-state index contributed by atoms with van der Waals surface area (Å²) in [5, 5.41) is 7.09. The minimum atomic E-state index is -0.232. The highest BCUT2D eigenvalue weighted by atomic mass is 16.3. The van der Waals surface area contributed by atoms with Crippen molar-refractivity contribution in [2.75, 3.05) is 25.5 Å². The molecule has 0 fully saturated rings. The van der Waals surface area contributed by atoms with E-state index in [0.29, 0.717) is 23.6 Å². The molecule has 1 aromatic carbocycles. The van der Waals surface area contributed by atoms with Crippen molar-refractivity contribution in [3.63, 3.8) is 0 Å². The quantitative estimate of drug-likeness (QED) is 0.734. The zero-order valence-electron chi connectivity index (χ0n) is 14.7. The van der Waals surface area contributed by atoms with E-state index in [4.69, 9.17) is 4.42 Å². The van der Waals surface area contributed by atoms with Crippen LogP contribution in [-0.4, -0.2) is 36.3 Å². The summed E-state index contributed by atoms with van der Waals surface area (Å²) < 4.78 is 6.61. The molecule has 3 aromatic rings. The zero-order chi connectivity index (χ0) is 18.5. The summed E-state index contributed by atoms with van der Waals surface area (Å²) in [7, 11) is 3.84. The van der Waals surface area contributed by atoms with Gasteiger partial charge < -0.3 is 14.6 Å². The summed E-state index contributed by atoms with van der Waals surface area (Å²) in [5.74, 6) is 0.396. The van der Waals surface area contributed by atoms with E-state index in [2.05, 4.69) is 10.4 Å². The number of carbonyl (C=O) groups is 1. The molecule has 0 aliphatic rings. The van der Waals surface area contributed by atoms with E-state index in [1.165, 1.54) is 10.7 Å². The van der Waals surface area contributed by atoms with E-state index in [1.807, 2.05) is 37.2 Å².